The molecule has 28 heavy (non-hydrogen) atoms. The van der Waals surface area contributed by atoms with E-state index in [1.807, 2.05) is 66.7 Å². The molecule has 0 aliphatic rings. The van der Waals surface area contributed by atoms with Crippen LogP contribution < -0.4 is 5.32 Å². The molecule has 4 rings (SSSR count). The van der Waals surface area contributed by atoms with Crippen molar-refractivity contribution in [1.29, 1.82) is 0 Å². The number of amides is 1. The van der Waals surface area contributed by atoms with Crippen molar-refractivity contribution >= 4 is 5.91 Å². The molecular formula is C21H18N6O. The van der Waals surface area contributed by atoms with Gasteiger partial charge in [0.05, 0.1) is 17.6 Å². The summed E-state index contributed by atoms with van der Waals surface area (Å²) in [5, 5.41) is 10.8. The van der Waals surface area contributed by atoms with E-state index in [0.29, 0.717) is 18.8 Å². The van der Waals surface area contributed by atoms with Gasteiger partial charge in [-0.1, -0.05) is 53.7 Å². The van der Waals surface area contributed by atoms with E-state index in [-0.39, 0.29) is 11.6 Å². The van der Waals surface area contributed by atoms with Gasteiger partial charge in [0.15, 0.2) is 5.69 Å². The third kappa shape index (κ3) is 4.09. The Bertz CT molecular complexity index is 1060. The first-order valence-corrected chi connectivity index (χ1v) is 8.93. The van der Waals surface area contributed by atoms with Gasteiger partial charge in [-0.3, -0.25) is 4.79 Å². The van der Waals surface area contributed by atoms with Crippen LogP contribution >= 0.6 is 0 Å². The van der Waals surface area contributed by atoms with Crippen molar-refractivity contribution in [2.45, 2.75) is 6.42 Å². The molecule has 0 atom stereocenters. The fourth-order valence-electron chi connectivity index (χ4n) is 2.74. The quantitative estimate of drug-likeness (QED) is 0.564. The van der Waals surface area contributed by atoms with Crippen molar-refractivity contribution in [2.75, 3.05) is 6.54 Å². The topological polar surface area (TPSA) is 85.6 Å². The fraction of sp³-hybridized carbons (Fsp3) is 0.0952. The van der Waals surface area contributed by atoms with Crippen LogP contribution in [-0.2, 0) is 6.42 Å². The van der Waals surface area contributed by atoms with Crippen LogP contribution in [0.15, 0.2) is 79.1 Å². The Balaban J connectivity index is 1.36. The average molecular weight is 370 g/mol. The van der Waals surface area contributed by atoms with Crippen LogP contribution in [0.1, 0.15) is 16.3 Å². The molecule has 0 radical (unpaired) electrons. The molecule has 138 valence electrons. The number of para-hydroxylation sites is 1. The number of nitrogens with one attached hydrogen (secondary N) is 1. The largest absolute Gasteiger partial charge is 0.350 e. The highest BCUT2D eigenvalue weighted by atomic mass is 16.2. The monoisotopic (exact) mass is 370 g/mol. The van der Waals surface area contributed by atoms with E-state index in [9.17, 15) is 4.79 Å². The van der Waals surface area contributed by atoms with Gasteiger partial charge in [0, 0.05) is 24.7 Å². The molecule has 0 aliphatic heterocycles. The van der Waals surface area contributed by atoms with Crippen LogP contribution in [0.5, 0.6) is 0 Å². The molecule has 2 aromatic heterocycles. The number of benzene rings is 2. The lowest BCUT2D eigenvalue weighted by atomic mass is 10.1. The molecule has 1 N–H and O–H groups in total. The standard InChI is InChI=1S/C21H18N6O/c28-21(19-15-27(26-25-19)17-9-5-2-6-10-17)23-14-12-20-22-13-11-18(24-20)16-7-3-1-4-8-16/h1-11,13,15H,12,14H2,(H,23,28). The summed E-state index contributed by atoms with van der Waals surface area (Å²) in [4.78, 5) is 21.1. The maximum absolute atomic E-state index is 12.3. The first kappa shape index (κ1) is 17.5. The van der Waals surface area contributed by atoms with Crippen molar-refractivity contribution in [3.63, 3.8) is 0 Å². The number of hydrogen-bond acceptors (Lipinski definition) is 5. The summed E-state index contributed by atoms with van der Waals surface area (Å²) in [5.41, 5.74) is 3.01. The Kier molecular flexibility index (Phi) is 5.15. The summed E-state index contributed by atoms with van der Waals surface area (Å²) in [7, 11) is 0. The number of aromatic nitrogens is 5. The molecule has 4 aromatic rings. The summed E-state index contributed by atoms with van der Waals surface area (Å²) in [6.07, 6.45) is 3.87. The predicted octanol–water partition coefficient (Wildman–Crippen LogP) is 2.70. The number of carbonyl (C=O) groups excluding carboxylic acids is 1. The van der Waals surface area contributed by atoms with Gasteiger partial charge < -0.3 is 5.32 Å². The zero-order valence-corrected chi connectivity index (χ0v) is 15.1. The van der Waals surface area contributed by atoms with Crippen molar-refractivity contribution in [3.05, 3.63) is 90.6 Å². The molecule has 0 aliphatic carbocycles. The van der Waals surface area contributed by atoms with Crippen LogP contribution in [0.3, 0.4) is 0 Å². The van der Waals surface area contributed by atoms with Gasteiger partial charge in [-0.2, -0.15) is 0 Å². The number of carbonyl (C=O) groups is 1. The predicted molar refractivity (Wildman–Crippen MR) is 105 cm³/mol. The second kappa shape index (κ2) is 8.22. The molecule has 0 fully saturated rings. The Morgan fingerprint density at radius 1 is 0.964 bits per heavy atom. The lowest BCUT2D eigenvalue weighted by molar-refractivity contribution is 0.0949. The third-order valence-electron chi connectivity index (χ3n) is 4.16. The smallest absolute Gasteiger partial charge is 0.273 e. The Morgan fingerprint density at radius 3 is 2.50 bits per heavy atom. The second-order valence-electron chi connectivity index (χ2n) is 6.11. The zero-order valence-electron chi connectivity index (χ0n) is 15.1. The van der Waals surface area contributed by atoms with Gasteiger partial charge in [-0.15, -0.1) is 5.10 Å². The Morgan fingerprint density at radius 2 is 1.71 bits per heavy atom. The van der Waals surface area contributed by atoms with E-state index in [2.05, 4.69) is 25.6 Å². The first-order chi connectivity index (χ1) is 13.8. The summed E-state index contributed by atoms with van der Waals surface area (Å²) >= 11 is 0. The lowest BCUT2D eigenvalue weighted by Crippen LogP contribution is -2.26. The van der Waals surface area contributed by atoms with E-state index in [1.165, 1.54) is 0 Å². The van der Waals surface area contributed by atoms with Gasteiger partial charge in [0.1, 0.15) is 5.82 Å². The molecule has 2 heterocycles. The molecule has 0 spiro atoms. The Hall–Kier alpha value is -3.87. The number of rotatable bonds is 6. The highest BCUT2D eigenvalue weighted by Gasteiger charge is 2.11. The van der Waals surface area contributed by atoms with Crippen molar-refractivity contribution in [1.82, 2.24) is 30.3 Å². The van der Waals surface area contributed by atoms with Crippen LogP contribution in [0.25, 0.3) is 16.9 Å². The minimum Gasteiger partial charge on any atom is -0.350 e. The second-order valence-corrected chi connectivity index (χ2v) is 6.11. The molecular weight excluding hydrogens is 352 g/mol. The van der Waals surface area contributed by atoms with Crippen molar-refractivity contribution in [3.8, 4) is 16.9 Å². The Labute approximate surface area is 162 Å². The van der Waals surface area contributed by atoms with Gasteiger partial charge >= 0.3 is 0 Å². The molecule has 0 saturated heterocycles. The third-order valence-corrected chi connectivity index (χ3v) is 4.16. The summed E-state index contributed by atoms with van der Waals surface area (Å²) < 4.78 is 1.57. The fourth-order valence-corrected chi connectivity index (χ4v) is 2.74. The molecule has 2 aromatic carbocycles. The van der Waals surface area contributed by atoms with Crippen LogP contribution in [-0.4, -0.2) is 37.4 Å². The average Bonchev–Trinajstić information content (AvgIpc) is 3.26. The van der Waals surface area contributed by atoms with E-state index in [4.69, 9.17) is 0 Å². The van der Waals surface area contributed by atoms with Crippen LogP contribution in [0.2, 0.25) is 0 Å². The normalized spacial score (nSPS) is 10.6. The van der Waals surface area contributed by atoms with Crippen LogP contribution in [0, 0.1) is 0 Å². The van der Waals surface area contributed by atoms with Gasteiger partial charge in [-0.05, 0) is 18.2 Å². The van der Waals surface area contributed by atoms with E-state index < -0.39 is 0 Å². The molecule has 0 unspecified atom stereocenters. The van der Waals surface area contributed by atoms with E-state index in [0.717, 1.165) is 16.9 Å². The van der Waals surface area contributed by atoms with Crippen molar-refractivity contribution in [2.24, 2.45) is 0 Å². The SMILES string of the molecule is O=C(NCCc1nccc(-c2ccccc2)n1)c1cn(-c2ccccc2)nn1. The molecule has 1 amide bonds. The molecule has 0 saturated carbocycles. The van der Waals surface area contributed by atoms with Crippen LogP contribution in [0.4, 0.5) is 0 Å². The van der Waals surface area contributed by atoms with Gasteiger partial charge in [0.2, 0.25) is 0 Å². The summed E-state index contributed by atoms with van der Waals surface area (Å²) in [6.45, 7) is 0.412. The first-order valence-electron chi connectivity index (χ1n) is 8.93. The van der Waals surface area contributed by atoms with Gasteiger partial charge in [0.25, 0.3) is 5.91 Å². The number of hydrogen-bond donors (Lipinski definition) is 1. The minimum absolute atomic E-state index is 0.266. The molecule has 7 nitrogen and oxygen atoms in total. The maximum Gasteiger partial charge on any atom is 0.273 e. The minimum atomic E-state index is -0.276. The van der Waals surface area contributed by atoms with Crippen molar-refractivity contribution < 1.29 is 4.79 Å². The van der Waals surface area contributed by atoms with E-state index in [1.54, 1.807) is 17.1 Å². The summed E-state index contributed by atoms with van der Waals surface area (Å²) in [6, 6.07) is 21.3. The molecule has 0 bridgehead atoms. The lowest BCUT2D eigenvalue weighted by Gasteiger charge is -2.05. The number of nitrogens with zero attached hydrogens (tertiary/aromatic N) is 5. The van der Waals surface area contributed by atoms with Gasteiger partial charge in [-0.25, -0.2) is 14.6 Å². The zero-order chi connectivity index (χ0) is 19.2. The van der Waals surface area contributed by atoms with E-state index >= 15 is 0 Å². The highest BCUT2D eigenvalue weighted by molar-refractivity contribution is 5.91. The maximum atomic E-state index is 12.3. The summed E-state index contributed by atoms with van der Waals surface area (Å²) in [5.74, 6) is 0.399. The molecule has 7 heteroatoms. The highest BCUT2D eigenvalue weighted by Crippen LogP contribution is 2.15.